The lowest BCUT2D eigenvalue weighted by molar-refractivity contribution is 1.15. The summed E-state index contributed by atoms with van der Waals surface area (Å²) in [5.41, 5.74) is 6.44. The second kappa shape index (κ2) is 13.7. The maximum absolute atomic E-state index is 5.38. The number of aromatic amines is 2. The molecule has 0 saturated carbocycles. The average molecular weight is 761 g/mol. The summed E-state index contributed by atoms with van der Waals surface area (Å²) in [6.45, 7) is 6.13. The van der Waals surface area contributed by atoms with Gasteiger partial charge in [-0.15, -0.1) is 0 Å². The molecule has 0 aliphatic carbocycles. The van der Waals surface area contributed by atoms with Crippen molar-refractivity contribution in [2.75, 3.05) is 0 Å². The van der Waals surface area contributed by atoms with Crippen molar-refractivity contribution >= 4 is 87.2 Å². The molecule has 8 aromatic carbocycles. The number of nitrogens with one attached hydrogen (secondary N) is 2. The third-order valence-corrected chi connectivity index (χ3v) is 11.4. The molecule has 0 unspecified atom stereocenters. The van der Waals surface area contributed by atoms with Crippen LogP contribution < -0.4 is 0 Å². The third kappa shape index (κ3) is 5.45. The Morgan fingerprint density at radius 1 is 0.356 bits per heavy atom. The average Bonchev–Trinajstić information content (AvgIpc) is 3.95. The number of hydrogen-bond donors (Lipinski definition) is 2. The van der Waals surface area contributed by atoms with Crippen molar-refractivity contribution in [3.05, 3.63) is 157 Å². The van der Waals surface area contributed by atoms with Crippen LogP contribution >= 0.6 is 0 Å². The number of H-pyrrole nitrogens is 2. The normalized spacial score (nSPS) is 11.6. The minimum absolute atomic E-state index is 0.521. The molecule has 12 rings (SSSR count). The van der Waals surface area contributed by atoms with E-state index in [0.29, 0.717) is 40.1 Å². The smallest absolute Gasteiger partial charge is 0.165 e. The molecule has 0 atom stereocenters. The van der Waals surface area contributed by atoms with Crippen LogP contribution in [0.3, 0.4) is 0 Å². The molecule has 11 aromatic rings. The van der Waals surface area contributed by atoms with Crippen LogP contribution in [0, 0.1) is 6.92 Å². The Kier molecular flexibility index (Phi) is 7.97. The Hall–Kier alpha value is -7.84. The third-order valence-electron chi connectivity index (χ3n) is 11.4. The van der Waals surface area contributed by atoms with Crippen molar-refractivity contribution in [2.24, 2.45) is 0 Å². The summed E-state index contributed by atoms with van der Waals surface area (Å²) in [5, 5.41) is 12.6. The molecule has 2 N–H and O–H groups in total. The minimum Gasteiger partial charge on any atom is -0.324 e. The Morgan fingerprint density at radius 3 is 1.49 bits per heavy atom. The van der Waals surface area contributed by atoms with E-state index >= 15 is 0 Å². The van der Waals surface area contributed by atoms with E-state index in [-0.39, 0.29) is 0 Å². The highest BCUT2D eigenvalue weighted by Crippen LogP contribution is 2.41. The summed E-state index contributed by atoms with van der Waals surface area (Å²) < 4.78 is 0. The topological polar surface area (TPSA) is 109 Å². The molecule has 4 heterocycles. The first-order valence-corrected chi connectivity index (χ1v) is 20.0. The predicted octanol–water partition coefficient (Wildman–Crippen LogP) is 12.8. The second-order valence-electron chi connectivity index (χ2n) is 14.5. The van der Waals surface area contributed by atoms with E-state index in [9.17, 15) is 0 Å². The fourth-order valence-corrected chi connectivity index (χ4v) is 8.66. The molecule has 8 heteroatoms. The molecule has 3 aromatic heterocycles. The van der Waals surface area contributed by atoms with Crippen LogP contribution in [0.5, 0.6) is 0 Å². The van der Waals surface area contributed by atoms with Crippen LogP contribution in [-0.2, 0) is 0 Å². The molecular weight excluding hydrogens is 725 g/mol. The molecule has 0 saturated heterocycles. The summed E-state index contributed by atoms with van der Waals surface area (Å²) in [4.78, 5) is 38.5. The highest BCUT2D eigenvalue weighted by Gasteiger charge is 2.23. The molecule has 0 fully saturated rings. The van der Waals surface area contributed by atoms with Gasteiger partial charge in [-0.1, -0.05) is 141 Å². The van der Waals surface area contributed by atoms with E-state index in [2.05, 4.69) is 162 Å². The second-order valence-corrected chi connectivity index (χ2v) is 14.5. The number of rotatable bonds is 1. The zero-order chi connectivity index (χ0) is 39.6. The van der Waals surface area contributed by atoms with E-state index in [0.717, 1.165) is 86.9 Å². The van der Waals surface area contributed by atoms with Gasteiger partial charge in [0, 0.05) is 38.2 Å². The van der Waals surface area contributed by atoms with Crippen molar-refractivity contribution in [3.8, 4) is 34.2 Å². The standard InChI is InChI=1S/C49H30N8.C2H6/c1-27-32-14-6-2-10-28(32)18-22-33(27)43-50-26-51-44-37-23-19-29-11-3-7-15-34(29)40(37)47(53-44)54-46-39-25-21-31-13-5-9-17-36(31)42(39)49(57-46)56-45-38-24-20-30-12-4-8-16-35(30)41(38)48(52-43)55-45;1-2/h2-26H,1H3,(H2,50,51,52,53,54,55,56,57);1-2H3. The summed E-state index contributed by atoms with van der Waals surface area (Å²) in [6.07, 6.45) is 1.60. The van der Waals surface area contributed by atoms with Gasteiger partial charge in [0.15, 0.2) is 17.5 Å². The lowest BCUT2D eigenvalue weighted by Crippen LogP contribution is -1.91. The molecular formula is C51H36N8. The Morgan fingerprint density at radius 2 is 0.831 bits per heavy atom. The summed E-state index contributed by atoms with van der Waals surface area (Å²) in [5.74, 6) is 1.67. The van der Waals surface area contributed by atoms with E-state index in [1.807, 2.05) is 13.8 Å². The van der Waals surface area contributed by atoms with E-state index < -0.39 is 0 Å². The summed E-state index contributed by atoms with van der Waals surface area (Å²) in [6, 6.07) is 50.4. The van der Waals surface area contributed by atoms with Gasteiger partial charge in [0.2, 0.25) is 0 Å². The fourth-order valence-electron chi connectivity index (χ4n) is 8.66. The van der Waals surface area contributed by atoms with Crippen molar-refractivity contribution in [3.63, 3.8) is 0 Å². The molecule has 59 heavy (non-hydrogen) atoms. The molecule has 0 amide bonds. The van der Waals surface area contributed by atoms with Crippen LogP contribution in [0.2, 0.25) is 0 Å². The predicted molar refractivity (Wildman–Crippen MR) is 243 cm³/mol. The molecule has 0 spiro atoms. The van der Waals surface area contributed by atoms with Gasteiger partial charge in [0.1, 0.15) is 28.9 Å². The van der Waals surface area contributed by atoms with Gasteiger partial charge in [0.25, 0.3) is 0 Å². The maximum atomic E-state index is 5.38. The largest absolute Gasteiger partial charge is 0.324 e. The Labute approximate surface area is 338 Å². The highest BCUT2D eigenvalue weighted by atomic mass is 15.0. The van der Waals surface area contributed by atoms with Crippen molar-refractivity contribution < 1.29 is 0 Å². The first-order valence-electron chi connectivity index (χ1n) is 20.0. The highest BCUT2D eigenvalue weighted by molar-refractivity contribution is 6.20. The lowest BCUT2D eigenvalue weighted by atomic mass is 9.99. The first kappa shape index (κ1) is 34.4. The van der Waals surface area contributed by atoms with E-state index in [1.165, 1.54) is 0 Å². The molecule has 1 aliphatic rings. The lowest BCUT2D eigenvalue weighted by Gasteiger charge is -2.07. The van der Waals surface area contributed by atoms with Crippen LogP contribution in [0.15, 0.2) is 152 Å². The van der Waals surface area contributed by atoms with Gasteiger partial charge in [-0.2, -0.15) is 0 Å². The minimum atomic E-state index is 0.521. The number of aromatic nitrogens is 8. The SMILES string of the molecule is CC.Cc1c(-c2ncnc3[nH]c(nc4nc(nc5[nH]c(n2)c2c6ccccc6ccc52)-c2c-4ccc4ccccc24)c2c4ccccc4ccc32)ccc2ccccc12. The number of nitrogens with zero attached hydrogens (tertiary/aromatic N) is 6. The van der Waals surface area contributed by atoms with Crippen LogP contribution in [-0.4, -0.2) is 39.9 Å². The van der Waals surface area contributed by atoms with Gasteiger partial charge >= 0.3 is 0 Å². The zero-order valence-corrected chi connectivity index (χ0v) is 32.6. The first-order chi connectivity index (χ1) is 29.2. The Bertz CT molecular complexity index is 3680. The molecule has 8 nitrogen and oxygen atoms in total. The molecule has 280 valence electrons. The number of aryl methyl sites for hydroxylation is 1. The summed E-state index contributed by atoms with van der Waals surface area (Å²) >= 11 is 0. The van der Waals surface area contributed by atoms with E-state index in [4.69, 9.17) is 29.9 Å². The van der Waals surface area contributed by atoms with Gasteiger partial charge in [-0.3, -0.25) is 0 Å². The zero-order valence-electron chi connectivity index (χ0n) is 32.6. The number of benzene rings is 8. The van der Waals surface area contributed by atoms with Gasteiger partial charge in [0.05, 0.1) is 0 Å². The number of hydrogen-bond acceptors (Lipinski definition) is 6. The van der Waals surface area contributed by atoms with Crippen LogP contribution in [0.4, 0.5) is 0 Å². The van der Waals surface area contributed by atoms with E-state index in [1.54, 1.807) is 6.33 Å². The van der Waals surface area contributed by atoms with Gasteiger partial charge < -0.3 is 9.97 Å². The fraction of sp³-hybridized carbons (Fsp3) is 0.0588. The van der Waals surface area contributed by atoms with Crippen molar-refractivity contribution in [1.29, 1.82) is 0 Å². The summed E-state index contributed by atoms with van der Waals surface area (Å²) in [7, 11) is 0. The van der Waals surface area contributed by atoms with Crippen LogP contribution in [0.1, 0.15) is 19.4 Å². The molecule has 0 radical (unpaired) electrons. The van der Waals surface area contributed by atoms with Crippen LogP contribution in [0.25, 0.3) is 121 Å². The molecule has 6 bridgehead atoms. The maximum Gasteiger partial charge on any atom is 0.165 e. The quantitative estimate of drug-likeness (QED) is 0.172. The van der Waals surface area contributed by atoms with Gasteiger partial charge in [-0.25, -0.2) is 29.9 Å². The Balaban J connectivity index is 0.00000196. The van der Waals surface area contributed by atoms with Crippen molar-refractivity contribution in [1.82, 2.24) is 39.9 Å². The van der Waals surface area contributed by atoms with Gasteiger partial charge in [-0.05, 0) is 73.8 Å². The monoisotopic (exact) mass is 760 g/mol. The molecule has 1 aliphatic heterocycles. The van der Waals surface area contributed by atoms with Crippen molar-refractivity contribution in [2.45, 2.75) is 20.8 Å². The number of fused-ring (bicyclic) bond motifs is 22.